The number of hydrogen-bond donors (Lipinski definition) is 4. The van der Waals surface area contributed by atoms with E-state index in [1.54, 1.807) is 0 Å². The maximum absolute atomic E-state index is 11.0. The summed E-state index contributed by atoms with van der Waals surface area (Å²) in [5.74, 6) is 0. The molecule has 126 valence electrons. The molecule has 0 aliphatic rings. The summed E-state index contributed by atoms with van der Waals surface area (Å²) in [4.78, 5) is 41.3. The van der Waals surface area contributed by atoms with Gasteiger partial charge in [0.2, 0.25) is 0 Å². The molecule has 1 rings (SSSR count). The minimum Gasteiger partial charge on any atom is -0.350 e. The Morgan fingerprint density at radius 1 is 0.917 bits per heavy atom. The lowest BCUT2D eigenvalue weighted by Crippen LogP contribution is -2.24. The summed E-state index contributed by atoms with van der Waals surface area (Å²) in [7, 11) is 0. The number of primary amides is 2. The fourth-order valence-electron chi connectivity index (χ4n) is 1.47. The van der Waals surface area contributed by atoms with Gasteiger partial charge in [-0.05, 0) is 6.07 Å². The first-order chi connectivity index (χ1) is 11.2. The molecule has 4 amide bonds. The fraction of sp³-hybridized carbons (Fsp3) is 0. The number of nitro groups is 2. The first-order valence-electron chi connectivity index (χ1n) is 5.86. The molecule has 0 unspecified atom stereocenters. The van der Waals surface area contributed by atoms with Crippen molar-refractivity contribution < 1.29 is 19.4 Å². The number of hydrogen-bond acceptors (Lipinski definition) is 8. The number of nitrogens with one attached hydrogen (secondary N) is 2. The molecule has 0 saturated carbocycles. The van der Waals surface area contributed by atoms with Gasteiger partial charge in [0.15, 0.2) is 0 Å². The molecular weight excluding hydrogens is 328 g/mol. The molecule has 24 heavy (non-hydrogen) atoms. The highest BCUT2D eigenvalue weighted by molar-refractivity contribution is 5.94. The lowest BCUT2D eigenvalue weighted by Gasteiger charge is -2.02. The first-order valence-corrected chi connectivity index (χ1v) is 5.86. The van der Waals surface area contributed by atoms with Crippen LogP contribution in [0.2, 0.25) is 0 Å². The van der Waals surface area contributed by atoms with Crippen molar-refractivity contribution in [2.75, 3.05) is 0 Å². The van der Waals surface area contributed by atoms with E-state index in [0.29, 0.717) is 6.07 Å². The molecule has 0 fully saturated rings. The van der Waals surface area contributed by atoms with Crippen molar-refractivity contribution >= 4 is 35.9 Å². The Balaban J connectivity index is 3.39. The number of benzene rings is 1. The average molecular weight is 338 g/mol. The summed E-state index contributed by atoms with van der Waals surface area (Å²) in [5.41, 5.74) is 11.6. The zero-order valence-corrected chi connectivity index (χ0v) is 11.7. The van der Waals surface area contributed by atoms with Crippen molar-refractivity contribution in [2.24, 2.45) is 21.7 Å². The van der Waals surface area contributed by atoms with Gasteiger partial charge in [0, 0.05) is 0 Å². The van der Waals surface area contributed by atoms with Crippen LogP contribution in [-0.2, 0) is 0 Å². The van der Waals surface area contributed by atoms with Crippen LogP contribution in [0.3, 0.4) is 0 Å². The molecule has 0 aromatic heterocycles. The van der Waals surface area contributed by atoms with Gasteiger partial charge in [0.25, 0.3) is 11.4 Å². The van der Waals surface area contributed by atoms with Gasteiger partial charge in [-0.1, -0.05) is 0 Å². The zero-order chi connectivity index (χ0) is 18.3. The van der Waals surface area contributed by atoms with E-state index < -0.39 is 33.3 Å². The van der Waals surface area contributed by atoms with Gasteiger partial charge in [0.05, 0.1) is 39.5 Å². The van der Waals surface area contributed by atoms with Crippen molar-refractivity contribution in [1.29, 1.82) is 0 Å². The van der Waals surface area contributed by atoms with E-state index in [1.165, 1.54) is 0 Å². The quantitative estimate of drug-likeness (QED) is 0.304. The molecular formula is C10H10N8O6. The normalized spacial score (nSPS) is 10.7. The molecule has 0 heterocycles. The molecule has 0 radical (unpaired) electrons. The maximum atomic E-state index is 11.0. The van der Waals surface area contributed by atoms with Gasteiger partial charge in [-0.3, -0.25) is 20.2 Å². The van der Waals surface area contributed by atoms with E-state index >= 15 is 0 Å². The number of amides is 4. The number of hydrazone groups is 2. The van der Waals surface area contributed by atoms with E-state index in [-0.39, 0.29) is 11.1 Å². The molecule has 0 saturated heterocycles. The summed E-state index contributed by atoms with van der Waals surface area (Å²) in [6.45, 7) is 0. The van der Waals surface area contributed by atoms with Gasteiger partial charge in [-0.2, -0.15) is 10.2 Å². The molecule has 14 heteroatoms. The van der Waals surface area contributed by atoms with Crippen molar-refractivity contribution in [1.82, 2.24) is 10.9 Å². The van der Waals surface area contributed by atoms with Crippen molar-refractivity contribution in [3.63, 3.8) is 0 Å². The number of carbonyl (C=O) groups is 2. The van der Waals surface area contributed by atoms with E-state index in [1.807, 2.05) is 10.9 Å². The molecule has 1 aromatic rings. The average Bonchev–Trinajstić information content (AvgIpc) is 2.45. The van der Waals surface area contributed by atoms with Crippen LogP contribution in [0.25, 0.3) is 0 Å². The Labute approximate surface area is 132 Å². The molecule has 0 bridgehead atoms. The third-order valence-electron chi connectivity index (χ3n) is 2.33. The predicted octanol–water partition coefficient (Wildman–Crippen LogP) is -0.493. The molecule has 14 nitrogen and oxygen atoms in total. The highest BCUT2D eigenvalue weighted by Gasteiger charge is 2.23. The Hall–Kier alpha value is -4.10. The lowest BCUT2D eigenvalue weighted by atomic mass is 10.1. The van der Waals surface area contributed by atoms with E-state index in [4.69, 9.17) is 11.5 Å². The van der Waals surface area contributed by atoms with Gasteiger partial charge in [0.1, 0.15) is 0 Å². The first kappa shape index (κ1) is 18.0. The van der Waals surface area contributed by atoms with E-state index in [0.717, 1.165) is 18.5 Å². The highest BCUT2D eigenvalue weighted by atomic mass is 16.6. The number of nitro benzene ring substituents is 2. The number of nitrogens with two attached hydrogens (primary N) is 2. The van der Waals surface area contributed by atoms with Crippen molar-refractivity contribution in [3.05, 3.63) is 43.5 Å². The number of nitrogens with zero attached hydrogens (tertiary/aromatic N) is 4. The van der Waals surface area contributed by atoms with Crippen LogP contribution in [0, 0.1) is 20.2 Å². The second-order valence-electron chi connectivity index (χ2n) is 3.95. The van der Waals surface area contributed by atoms with Crippen molar-refractivity contribution in [2.45, 2.75) is 0 Å². The molecule has 6 N–H and O–H groups in total. The van der Waals surface area contributed by atoms with Crippen LogP contribution in [0.5, 0.6) is 0 Å². The summed E-state index contributed by atoms with van der Waals surface area (Å²) in [5, 5.41) is 28.7. The van der Waals surface area contributed by atoms with Crippen LogP contribution >= 0.6 is 0 Å². The fourth-order valence-corrected chi connectivity index (χ4v) is 1.47. The lowest BCUT2D eigenvalue weighted by molar-refractivity contribution is -0.394. The second kappa shape index (κ2) is 7.78. The number of urea groups is 2. The van der Waals surface area contributed by atoms with Gasteiger partial charge in [-0.15, -0.1) is 0 Å². The van der Waals surface area contributed by atoms with Crippen LogP contribution in [0.15, 0.2) is 22.3 Å². The van der Waals surface area contributed by atoms with Crippen molar-refractivity contribution in [3.8, 4) is 0 Å². The number of carbonyl (C=O) groups excluding carboxylic acids is 2. The van der Waals surface area contributed by atoms with Crippen LogP contribution < -0.4 is 22.3 Å². The molecule has 1 aromatic carbocycles. The third kappa shape index (κ3) is 5.02. The molecule has 0 spiro atoms. The molecule has 0 aliphatic heterocycles. The Bertz CT molecular complexity index is 699. The van der Waals surface area contributed by atoms with E-state index in [9.17, 15) is 29.8 Å². The minimum absolute atomic E-state index is 0.181. The summed E-state index contributed by atoms with van der Waals surface area (Å²) < 4.78 is 0. The topological polar surface area (TPSA) is 221 Å². The van der Waals surface area contributed by atoms with Crippen LogP contribution in [0.4, 0.5) is 21.0 Å². The summed E-state index contributed by atoms with van der Waals surface area (Å²) >= 11 is 0. The number of rotatable bonds is 6. The van der Waals surface area contributed by atoms with E-state index in [2.05, 4.69) is 10.2 Å². The smallest absolute Gasteiger partial charge is 0.332 e. The molecule has 0 atom stereocenters. The maximum Gasteiger partial charge on any atom is 0.332 e. The SMILES string of the molecule is NC(=O)NN=Cc1cc(C=NNC(N)=O)c([N+](=O)[O-])cc1[N+](=O)[O-]. The summed E-state index contributed by atoms with van der Waals surface area (Å²) in [6.07, 6.45) is 1.73. The van der Waals surface area contributed by atoms with Gasteiger partial charge in [-0.25, -0.2) is 20.4 Å². The highest BCUT2D eigenvalue weighted by Crippen LogP contribution is 2.27. The zero-order valence-electron chi connectivity index (χ0n) is 11.7. The minimum atomic E-state index is -1.01. The van der Waals surface area contributed by atoms with Gasteiger partial charge >= 0.3 is 12.1 Å². The van der Waals surface area contributed by atoms with Crippen LogP contribution in [0.1, 0.15) is 11.1 Å². The third-order valence-corrected chi connectivity index (χ3v) is 2.33. The van der Waals surface area contributed by atoms with Gasteiger partial charge < -0.3 is 11.5 Å². The second-order valence-corrected chi connectivity index (χ2v) is 3.95. The monoisotopic (exact) mass is 338 g/mol. The molecule has 0 aliphatic carbocycles. The Morgan fingerprint density at radius 2 is 1.29 bits per heavy atom. The largest absolute Gasteiger partial charge is 0.350 e. The van der Waals surface area contributed by atoms with Crippen LogP contribution in [-0.4, -0.2) is 34.3 Å². The Morgan fingerprint density at radius 3 is 1.58 bits per heavy atom. The predicted molar refractivity (Wildman–Crippen MR) is 80.4 cm³/mol. The summed E-state index contributed by atoms with van der Waals surface area (Å²) in [6, 6.07) is -0.335. The Kier molecular flexibility index (Phi) is 5.82. The standard InChI is InChI=1S/C10H10N8O6/c11-9(19)15-13-3-5-1-6(4-14-16-10(12)20)8(18(23)24)2-7(5)17(21)22/h1-4H,(H3,11,15,19)(H3,12,16,20).